The minimum Gasteiger partial charge on any atom is -0.339 e. The summed E-state index contributed by atoms with van der Waals surface area (Å²) >= 11 is 0. The molecule has 3 fully saturated rings. The fraction of sp³-hybridized carbons (Fsp3) is 0.667. The van der Waals surface area contributed by atoms with Gasteiger partial charge in [-0.05, 0) is 70.5 Å². The highest BCUT2D eigenvalue weighted by molar-refractivity contribution is 6.05. The summed E-state index contributed by atoms with van der Waals surface area (Å²) in [5.41, 5.74) is 2.75. The number of pyridine rings is 1. The van der Waals surface area contributed by atoms with Crippen LogP contribution in [0, 0.1) is 11.8 Å². The van der Waals surface area contributed by atoms with E-state index in [1.54, 1.807) is 0 Å². The van der Waals surface area contributed by atoms with E-state index < -0.39 is 0 Å². The Morgan fingerprint density at radius 1 is 1.10 bits per heavy atom. The van der Waals surface area contributed by atoms with Gasteiger partial charge < -0.3 is 10.2 Å². The quantitative estimate of drug-likeness (QED) is 0.789. The van der Waals surface area contributed by atoms with Crippen molar-refractivity contribution >= 4 is 41.8 Å². The van der Waals surface area contributed by atoms with E-state index in [1.807, 2.05) is 10.9 Å². The van der Waals surface area contributed by atoms with Crippen molar-refractivity contribution in [2.24, 2.45) is 11.8 Å². The molecule has 2 aromatic heterocycles. The maximum atomic E-state index is 13.5. The van der Waals surface area contributed by atoms with Crippen LogP contribution in [0.4, 0.5) is 0 Å². The number of hydrogen-bond donors (Lipinski definition) is 1. The molecule has 1 aliphatic carbocycles. The van der Waals surface area contributed by atoms with Crippen LogP contribution in [0.1, 0.15) is 67.5 Å². The highest BCUT2D eigenvalue weighted by Gasteiger charge is 2.33. The predicted molar refractivity (Wildman–Crippen MR) is 119 cm³/mol. The van der Waals surface area contributed by atoms with Gasteiger partial charge in [-0.2, -0.15) is 5.10 Å². The monoisotopic (exact) mass is 439 g/mol. The number of rotatable bonds is 3. The number of likely N-dealkylation sites (tertiary alicyclic amines) is 1. The molecule has 2 atom stereocenters. The standard InChI is InChI=1S/C21H29N5O.2ClH/c1-13(2)26-20-18(12-23-26)17(9-19(24-20)14-3-4-14)21(27)25-7-5-15-10-22-11-16(15)6-8-25;;/h9,12-16,22H,3-8,10-11H2,1-2H3;2*1H/t15-,16+;;. The van der Waals surface area contributed by atoms with Crippen LogP contribution >= 0.6 is 24.8 Å². The summed E-state index contributed by atoms with van der Waals surface area (Å²) in [6.07, 6.45) is 6.42. The third-order valence-electron chi connectivity index (χ3n) is 6.61. The fourth-order valence-electron chi connectivity index (χ4n) is 4.77. The molecule has 29 heavy (non-hydrogen) atoms. The molecule has 0 bridgehead atoms. The lowest BCUT2D eigenvalue weighted by molar-refractivity contribution is 0.0760. The number of aromatic nitrogens is 3. The fourth-order valence-corrected chi connectivity index (χ4v) is 4.77. The summed E-state index contributed by atoms with van der Waals surface area (Å²) in [4.78, 5) is 20.5. The Labute approximate surface area is 184 Å². The molecule has 6 nitrogen and oxygen atoms in total. The highest BCUT2D eigenvalue weighted by Crippen LogP contribution is 2.40. The molecule has 0 unspecified atom stereocenters. The third-order valence-corrected chi connectivity index (χ3v) is 6.61. The molecule has 1 amide bonds. The summed E-state index contributed by atoms with van der Waals surface area (Å²) in [5.74, 6) is 2.14. The normalized spacial score (nSPS) is 24.0. The van der Waals surface area contributed by atoms with Crippen LogP contribution in [0.5, 0.6) is 0 Å². The molecule has 2 aromatic rings. The van der Waals surface area contributed by atoms with Gasteiger partial charge in [-0.3, -0.25) is 4.79 Å². The molecule has 0 radical (unpaired) electrons. The van der Waals surface area contributed by atoms with Crippen molar-refractivity contribution in [3.8, 4) is 0 Å². The van der Waals surface area contributed by atoms with Crippen molar-refractivity contribution in [1.82, 2.24) is 25.0 Å². The molecule has 3 aliphatic rings. The number of amides is 1. The third kappa shape index (κ3) is 4.12. The van der Waals surface area contributed by atoms with Crippen molar-refractivity contribution in [1.29, 1.82) is 0 Å². The number of carbonyl (C=O) groups is 1. The minimum atomic E-state index is 0. The molecule has 2 saturated heterocycles. The number of hydrogen-bond acceptors (Lipinski definition) is 4. The van der Waals surface area contributed by atoms with Crippen LogP contribution in [0.25, 0.3) is 11.0 Å². The van der Waals surface area contributed by atoms with Gasteiger partial charge >= 0.3 is 0 Å². The van der Waals surface area contributed by atoms with Gasteiger partial charge in [0.2, 0.25) is 0 Å². The first-order valence-electron chi connectivity index (χ1n) is 10.5. The van der Waals surface area contributed by atoms with Gasteiger partial charge in [0.25, 0.3) is 5.91 Å². The molecular formula is C21H31Cl2N5O. The highest BCUT2D eigenvalue weighted by atomic mass is 35.5. The summed E-state index contributed by atoms with van der Waals surface area (Å²) < 4.78 is 1.95. The lowest BCUT2D eigenvalue weighted by Gasteiger charge is -2.22. The molecule has 160 valence electrons. The van der Waals surface area contributed by atoms with Gasteiger partial charge in [-0.1, -0.05) is 0 Å². The van der Waals surface area contributed by atoms with E-state index in [-0.39, 0.29) is 36.8 Å². The lowest BCUT2D eigenvalue weighted by Crippen LogP contribution is -2.33. The molecule has 1 saturated carbocycles. The van der Waals surface area contributed by atoms with E-state index in [0.29, 0.717) is 5.92 Å². The van der Waals surface area contributed by atoms with Crippen molar-refractivity contribution in [3.63, 3.8) is 0 Å². The van der Waals surface area contributed by atoms with E-state index in [1.165, 1.54) is 12.8 Å². The predicted octanol–water partition coefficient (Wildman–Crippen LogP) is 3.80. The first kappa shape index (κ1) is 22.3. The van der Waals surface area contributed by atoms with Crippen molar-refractivity contribution in [3.05, 3.63) is 23.5 Å². The van der Waals surface area contributed by atoms with Crippen molar-refractivity contribution in [2.45, 2.75) is 51.5 Å². The maximum absolute atomic E-state index is 13.5. The SMILES string of the molecule is CC(C)n1ncc2c(C(=O)N3CC[C@@H]4CNC[C@@H]4CC3)cc(C3CC3)nc21.Cl.Cl. The summed E-state index contributed by atoms with van der Waals surface area (Å²) in [6.45, 7) is 8.17. The number of nitrogens with one attached hydrogen (secondary N) is 1. The second kappa shape index (κ2) is 8.78. The van der Waals surface area contributed by atoms with Crippen LogP contribution in [-0.4, -0.2) is 51.8 Å². The number of halogens is 2. The second-order valence-corrected chi connectivity index (χ2v) is 8.84. The Bertz CT molecular complexity index is 865. The second-order valence-electron chi connectivity index (χ2n) is 8.84. The van der Waals surface area contributed by atoms with E-state index in [0.717, 1.165) is 73.1 Å². The Balaban J connectivity index is 0.00000120. The van der Waals surface area contributed by atoms with Gasteiger partial charge in [-0.25, -0.2) is 9.67 Å². The topological polar surface area (TPSA) is 63.1 Å². The van der Waals surface area contributed by atoms with E-state index in [2.05, 4.69) is 35.2 Å². The molecule has 1 N–H and O–H groups in total. The Hall–Kier alpha value is -1.37. The van der Waals surface area contributed by atoms with Gasteiger partial charge in [0.1, 0.15) is 0 Å². The Kier molecular flexibility index (Phi) is 6.76. The van der Waals surface area contributed by atoms with Crippen LogP contribution in [0.15, 0.2) is 12.3 Å². The average Bonchev–Trinajstić information content (AvgIpc) is 3.33. The zero-order valence-corrected chi connectivity index (χ0v) is 18.8. The Morgan fingerprint density at radius 3 is 2.34 bits per heavy atom. The molecule has 0 aromatic carbocycles. The van der Waals surface area contributed by atoms with Gasteiger partial charge in [0.05, 0.1) is 17.1 Å². The zero-order valence-electron chi connectivity index (χ0n) is 17.1. The number of nitrogens with zero attached hydrogens (tertiary/aromatic N) is 4. The van der Waals surface area contributed by atoms with Gasteiger partial charge in [-0.15, -0.1) is 24.8 Å². The number of carbonyl (C=O) groups excluding carboxylic acids is 1. The van der Waals surface area contributed by atoms with Crippen LogP contribution < -0.4 is 5.32 Å². The molecule has 0 spiro atoms. The number of fused-ring (bicyclic) bond motifs is 2. The molecule has 4 heterocycles. The first-order chi connectivity index (χ1) is 13.1. The molecule has 2 aliphatic heterocycles. The van der Waals surface area contributed by atoms with Gasteiger partial charge in [0.15, 0.2) is 5.65 Å². The smallest absolute Gasteiger partial charge is 0.254 e. The van der Waals surface area contributed by atoms with E-state index in [9.17, 15) is 4.79 Å². The van der Waals surface area contributed by atoms with E-state index >= 15 is 0 Å². The van der Waals surface area contributed by atoms with E-state index in [4.69, 9.17) is 4.98 Å². The largest absolute Gasteiger partial charge is 0.339 e. The summed E-state index contributed by atoms with van der Waals surface area (Å²) in [6, 6.07) is 2.29. The van der Waals surface area contributed by atoms with Crippen LogP contribution in [0.3, 0.4) is 0 Å². The van der Waals surface area contributed by atoms with Crippen molar-refractivity contribution < 1.29 is 4.79 Å². The first-order valence-corrected chi connectivity index (χ1v) is 10.5. The van der Waals surface area contributed by atoms with Crippen LogP contribution in [-0.2, 0) is 0 Å². The zero-order chi connectivity index (χ0) is 18.5. The van der Waals surface area contributed by atoms with Gasteiger partial charge in [0, 0.05) is 30.7 Å². The molecule has 5 rings (SSSR count). The average molecular weight is 440 g/mol. The lowest BCUT2D eigenvalue weighted by atomic mass is 9.92. The molecule has 8 heteroatoms. The molecular weight excluding hydrogens is 409 g/mol. The summed E-state index contributed by atoms with van der Waals surface area (Å²) in [5, 5.41) is 8.96. The summed E-state index contributed by atoms with van der Waals surface area (Å²) in [7, 11) is 0. The minimum absolute atomic E-state index is 0. The maximum Gasteiger partial charge on any atom is 0.254 e. The Morgan fingerprint density at radius 2 is 1.76 bits per heavy atom. The van der Waals surface area contributed by atoms with Crippen LogP contribution in [0.2, 0.25) is 0 Å². The van der Waals surface area contributed by atoms with Crippen molar-refractivity contribution in [2.75, 3.05) is 26.2 Å².